The Morgan fingerprint density at radius 3 is 0.817 bits per heavy atom. The van der Waals surface area contributed by atoms with Crippen LogP contribution in [0.15, 0.2) is 259 Å². The van der Waals surface area contributed by atoms with E-state index in [2.05, 4.69) is 20.5 Å². The maximum absolute atomic E-state index is 12.5. The zero-order valence-corrected chi connectivity index (χ0v) is 45.0. The van der Waals surface area contributed by atoms with E-state index in [0.29, 0.717) is 96.4 Å². The highest BCUT2D eigenvalue weighted by Gasteiger charge is 2.21. The Bertz CT molecular complexity index is 4550. The van der Waals surface area contributed by atoms with Gasteiger partial charge in [-0.05, 0) is 119 Å². The molecule has 0 aliphatic carbocycles. The molecule has 4 N–H and O–H groups in total. The standard InChI is InChI=1S/C70H54N8O4/c1-3-44-36-56(72-76-64-29-13-21-46-17-5-9-25-60(46)64)38-50(68(44)80)34-52-40-58(74-78-66-31-15-23-48-19-7-11-27-62(48)66)42-54(70(52)82)35-53-41-57(73-77-65-30-14-22-47-18-6-10-26-61(47)65)39-51(69(53)81)33-49-37-55(32-43(2)67(49)79)71-75-63-28-12-20-45-16-4-8-24-59(45)63/h4-32,36-42,79-82H,3,33-35H2,1-2H3. The number of azo groups is 4. The normalized spacial score (nSPS) is 12.0. The Balaban J connectivity index is 0.956. The molecular formula is C70H54N8O4. The number of phenolic OH excluding ortho intramolecular Hbond substituents is 4. The molecule has 0 saturated heterocycles. The quantitative estimate of drug-likeness (QED) is 0.0747. The zero-order chi connectivity index (χ0) is 56.1. The van der Waals surface area contributed by atoms with Crippen molar-refractivity contribution < 1.29 is 20.4 Å². The van der Waals surface area contributed by atoms with E-state index in [4.69, 9.17) is 20.5 Å². The van der Waals surface area contributed by atoms with Crippen molar-refractivity contribution in [1.29, 1.82) is 0 Å². The molecule has 0 radical (unpaired) electrons. The van der Waals surface area contributed by atoms with Crippen LogP contribution >= 0.6 is 0 Å². The second-order valence-corrected chi connectivity index (χ2v) is 20.3. The van der Waals surface area contributed by atoms with E-state index < -0.39 is 0 Å². The fourth-order valence-electron chi connectivity index (χ4n) is 10.6. The van der Waals surface area contributed by atoms with Crippen molar-refractivity contribution in [3.63, 3.8) is 0 Å². The molecular weight excluding hydrogens is 1020 g/mol. The fourth-order valence-corrected chi connectivity index (χ4v) is 10.6. The van der Waals surface area contributed by atoms with Gasteiger partial charge in [-0.15, -0.1) is 20.5 Å². The van der Waals surface area contributed by atoms with Gasteiger partial charge in [-0.25, -0.2) is 0 Å². The summed E-state index contributed by atoms with van der Waals surface area (Å²) in [5.74, 6) is 0.000216. The summed E-state index contributed by atoms with van der Waals surface area (Å²) in [5, 5.41) is 94.1. The van der Waals surface area contributed by atoms with E-state index in [1.165, 1.54) is 0 Å². The topological polar surface area (TPSA) is 180 Å². The molecule has 0 atom stereocenters. The first-order chi connectivity index (χ1) is 40.1. The van der Waals surface area contributed by atoms with Gasteiger partial charge in [0.1, 0.15) is 23.0 Å². The maximum Gasteiger partial charge on any atom is 0.122 e. The number of hydrogen-bond acceptors (Lipinski definition) is 12. The van der Waals surface area contributed by atoms with Crippen molar-refractivity contribution in [1.82, 2.24) is 0 Å². The molecule has 12 heteroatoms. The largest absolute Gasteiger partial charge is 0.507 e. The highest BCUT2D eigenvalue weighted by molar-refractivity contribution is 5.95. The van der Waals surface area contributed by atoms with Crippen molar-refractivity contribution in [2.45, 2.75) is 39.5 Å². The molecule has 0 aliphatic rings. The highest BCUT2D eigenvalue weighted by atomic mass is 16.3. The van der Waals surface area contributed by atoms with E-state index >= 15 is 0 Å². The lowest BCUT2D eigenvalue weighted by molar-refractivity contribution is 0.453. The number of aromatic hydroxyl groups is 4. The average molecular weight is 1070 g/mol. The summed E-state index contributed by atoms with van der Waals surface area (Å²) in [6.45, 7) is 3.76. The van der Waals surface area contributed by atoms with Gasteiger partial charge >= 0.3 is 0 Å². The van der Waals surface area contributed by atoms with Crippen molar-refractivity contribution in [2.24, 2.45) is 40.9 Å². The number of fused-ring (bicyclic) bond motifs is 4. The average Bonchev–Trinajstić information content (AvgIpc) is 3.63. The predicted octanol–water partition coefficient (Wildman–Crippen LogP) is 20.4. The first kappa shape index (κ1) is 52.0. The third-order valence-corrected chi connectivity index (χ3v) is 14.8. The molecule has 0 heterocycles. The number of rotatable bonds is 15. The van der Waals surface area contributed by atoms with Gasteiger partial charge in [0, 0.05) is 74.2 Å². The molecule has 0 spiro atoms. The number of phenols is 4. The van der Waals surface area contributed by atoms with Gasteiger partial charge in [0.25, 0.3) is 0 Å². The number of hydrogen-bond donors (Lipinski definition) is 4. The van der Waals surface area contributed by atoms with Gasteiger partial charge in [0.2, 0.25) is 0 Å². The van der Waals surface area contributed by atoms with Crippen LogP contribution in [0.1, 0.15) is 51.4 Å². The zero-order valence-electron chi connectivity index (χ0n) is 45.0. The van der Waals surface area contributed by atoms with Crippen LogP contribution in [0.4, 0.5) is 45.5 Å². The van der Waals surface area contributed by atoms with Gasteiger partial charge in [-0.3, -0.25) is 0 Å². The second-order valence-electron chi connectivity index (χ2n) is 20.3. The summed E-state index contributed by atoms with van der Waals surface area (Å²) >= 11 is 0. The minimum absolute atomic E-state index is 0.00267. The monoisotopic (exact) mass is 1070 g/mol. The molecule has 0 saturated carbocycles. The van der Waals surface area contributed by atoms with Crippen LogP contribution in [-0.4, -0.2) is 20.4 Å². The van der Waals surface area contributed by atoms with Crippen LogP contribution in [0.3, 0.4) is 0 Å². The Kier molecular flexibility index (Phi) is 14.5. The Morgan fingerprint density at radius 1 is 0.268 bits per heavy atom. The highest BCUT2D eigenvalue weighted by Crippen LogP contribution is 2.42. The lowest BCUT2D eigenvalue weighted by Gasteiger charge is -2.16. The third kappa shape index (κ3) is 11.0. The van der Waals surface area contributed by atoms with Crippen LogP contribution in [0.25, 0.3) is 43.1 Å². The summed E-state index contributed by atoms with van der Waals surface area (Å²) in [4.78, 5) is 0. The molecule has 0 amide bonds. The lowest BCUT2D eigenvalue weighted by Crippen LogP contribution is -1.99. The Labute approximate surface area is 473 Å². The molecule has 0 fully saturated rings. The van der Waals surface area contributed by atoms with Gasteiger partial charge in [-0.1, -0.05) is 153 Å². The first-order valence-corrected chi connectivity index (χ1v) is 27.1. The molecule has 82 heavy (non-hydrogen) atoms. The van der Waals surface area contributed by atoms with Crippen LogP contribution in [-0.2, 0) is 25.7 Å². The third-order valence-electron chi connectivity index (χ3n) is 14.8. The van der Waals surface area contributed by atoms with E-state index in [0.717, 1.165) is 43.1 Å². The van der Waals surface area contributed by atoms with Gasteiger partial charge in [0.15, 0.2) is 0 Å². The summed E-state index contributed by atoms with van der Waals surface area (Å²) in [5.41, 5.74) is 8.66. The van der Waals surface area contributed by atoms with Crippen LogP contribution < -0.4 is 0 Å². The summed E-state index contributed by atoms with van der Waals surface area (Å²) in [6, 6.07) is 69.5. The molecule has 12 rings (SSSR count). The SMILES string of the molecule is CCc1cc(N=Nc2cccc3ccccc23)cc(Cc2cc(N=Nc3cccc4ccccc34)cc(Cc3cc(N=Nc4cccc5ccccc45)cc(Cc4cc(N=Nc5cccc6ccccc56)cc(C)c4O)c3O)c2O)c1O. The van der Waals surface area contributed by atoms with Crippen molar-refractivity contribution in [3.05, 3.63) is 263 Å². The van der Waals surface area contributed by atoms with E-state index in [1.54, 1.807) is 49.4 Å². The summed E-state index contributed by atoms with van der Waals surface area (Å²) in [6.07, 6.45) is 0.670. The van der Waals surface area contributed by atoms with Crippen molar-refractivity contribution in [2.75, 3.05) is 0 Å². The molecule has 0 unspecified atom stereocenters. The second kappa shape index (κ2) is 22.9. The predicted molar refractivity (Wildman–Crippen MR) is 327 cm³/mol. The lowest BCUT2D eigenvalue weighted by atomic mass is 9.92. The molecule has 0 bridgehead atoms. The minimum Gasteiger partial charge on any atom is -0.507 e. The molecule has 12 aromatic carbocycles. The van der Waals surface area contributed by atoms with Gasteiger partial charge < -0.3 is 20.4 Å². The van der Waals surface area contributed by atoms with Crippen LogP contribution in [0.5, 0.6) is 23.0 Å². The molecule has 398 valence electrons. The summed E-state index contributed by atoms with van der Waals surface area (Å²) in [7, 11) is 0. The fraction of sp³-hybridized carbons (Fsp3) is 0.0857. The van der Waals surface area contributed by atoms with Gasteiger partial charge in [-0.2, -0.15) is 20.5 Å². The van der Waals surface area contributed by atoms with E-state index in [1.807, 2.05) is 183 Å². The molecule has 0 aliphatic heterocycles. The Morgan fingerprint density at radius 2 is 0.512 bits per heavy atom. The van der Waals surface area contributed by atoms with Crippen molar-refractivity contribution >= 4 is 88.6 Å². The Hall–Kier alpha value is -10.7. The van der Waals surface area contributed by atoms with E-state index in [-0.39, 0.29) is 42.3 Å². The smallest absolute Gasteiger partial charge is 0.122 e. The van der Waals surface area contributed by atoms with Crippen LogP contribution in [0.2, 0.25) is 0 Å². The van der Waals surface area contributed by atoms with Gasteiger partial charge in [0.05, 0.1) is 45.5 Å². The minimum atomic E-state index is -0.0674. The van der Waals surface area contributed by atoms with Crippen LogP contribution in [0, 0.1) is 6.92 Å². The molecule has 12 nitrogen and oxygen atoms in total. The molecule has 0 aromatic heterocycles. The maximum atomic E-state index is 12.5. The van der Waals surface area contributed by atoms with Crippen molar-refractivity contribution in [3.8, 4) is 23.0 Å². The molecule has 12 aromatic rings. The first-order valence-electron chi connectivity index (χ1n) is 27.1. The number of aryl methyl sites for hydroxylation is 2. The number of benzene rings is 12. The summed E-state index contributed by atoms with van der Waals surface area (Å²) < 4.78 is 0. The number of nitrogens with zero attached hydrogens (tertiary/aromatic N) is 8. The van der Waals surface area contributed by atoms with E-state index in [9.17, 15) is 20.4 Å².